The van der Waals surface area contributed by atoms with E-state index >= 15 is 0 Å². The first-order valence-electron chi connectivity index (χ1n) is 5.93. The van der Waals surface area contributed by atoms with Crippen LogP contribution in [-0.2, 0) is 14.3 Å². The van der Waals surface area contributed by atoms with Crippen LogP contribution in [0.3, 0.4) is 0 Å². The molecule has 1 atom stereocenters. The van der Waals surface area contributed by atoms with Crippen LogP contribution in [0.4, 0.5) is 5.13 Å². The second-order valence-corrected chi connectivity index (χ2v) is 6.96. The Morgan fingerprint density at radius 1 is 1.55 bits per heavy atom. The van der Waals surface area contributed by atoms with Crippen molar-refractivity contribution in [3.05, 3.63) is 0 Å². The van der Waals surface area contributed by atoms with Gasteiger partial charge in [0.2, 0.25) is 11.0 Å². The first-order valence-corrected chi connectivity index (χ1v) is 8.88. The Morgan fingerprint density at radius 2 is 2.40 bits per heavy atom. The average molecular weight is 334 g/mol. The number of anilines is 1. The number of hydrogen-bond donors (Lipinski definition) is 2. The molecular formula is C10H14N4O3S3. The van der Waals surface area contributed by atoms with Crippen molar-refractivity contribution in [3.63, 3.8) is 0 Å². The van der Waals surface area contributed by atoms with Crippen LogP contribution < -0.4 is 10.6 Å². The lowest BCUT2D eigenvalue weighted by Crippen LogP contribution is -2.37. The molecule has 2 N–H and O–H groups in total. The fourth-order valence-corrected chi connectivity index (χ4v) is 3.89. The van der Waals surface area contributed by atoms with E-state index in [1.165, 1.54) is 23.1 Å². The topological polar surface area (TPSA) is 93.2 Å². The Labute approximate surface area is 128 Å². The third kappa shape index (κ3) is 4.62. The van der Waals surface area contributed by atoms with Crippen molar-refractivity contribution in [2.75, 3.05) is 29.3 Å². The van der Waals surface area contributed by atoms with Gasteiger partial charge in [-0.1, -0.05) is 23.1 Å². The molecule has 0 saturated carbocycles. The number of hydrogen-bond acceptors (Lipinski definition) is 9. The van der Waals surface area contributed by atoms with E-state index in [0.29, 0.717) is 16.1 Å². The van der Waals surface area contributed by atoms with Gasteiger partial charge in [-0.05, 0) is 6.92 Å². The van der Waals surface area contributed by atoms with Crippen molar-refractivity contribution in [3.8, 4) is 0 Å². The maximum Gasteiger partial charge on any atom is 0.316 e. The number of ether oxygens (including phenoxy) is 1. The Morgan fingerprint density at radius 3 is 3.10 bits per heavy atom. The summed E-state index contributed by atoms with van der Waals surface area (Å²) in [5.74, 6) is 1.35. The minimum absolute atomic E-state index is 0.104. The van der Waals surface area contributed by atoms with E-state index in [2.05, 4.69) is 20.8 Å². The van der Waals surface area contributed by atoms with Gasteiger partial charge in [0.25, 0.3) is 0 Å². The smallest absolute Gasteiger partial charge is 0.316 e. The van der Waals surface area contributed by atoms with Crippen LogP contribution in [0.15, 0.2) is 4.34 Å². The number of nitrogens with one attached hydrogen (secondary N) is 2. The number of rotatable bonds is 6. The Bertz CT molecular complexity index is 476. The standard InChI is InChI=1S/C10H14N4O3S3/c1-2-17-7(15)4-19-10-14-13-9(20-10)12-8(16)6-3-18-5-11-6/h6,11H,2-5H2,1H3,(H,12,13,16). The molecule has 110 valence electrons. The molecule has 1 aliphatic rings. The second-order valence-electron chi connectivity index (χ2n) is 3.73. The van der Waals surface area contributed by atoms with Gasteiger partial charge in [0.15, 0.2) is 4.34 Å². The summed E-state index contributed by atoms with van der Waals surface area (Å²) in [7, 11) is 0. The molecule has 1 aromatic rings. The molecule has 10 heteroatoms. The van der Waals surface area contributed by atoms with Crippen molar-refractivity contribution in [1.29, 1.82) is 0 Å². The SMILES string of the molecule is CCOC(=O)CSc1nnc(NC(=O)C2CSCN2)s1. The summed E-state index contributed by atoms with van der Waals surface area (Å²) in [6.45, 7) is 2.12. The quantitative estimate of drug-likeness (QED) is 0.448. The summed E-state index contributed by atoms with van der Waals surface area (Å²) in [6.07, 6.45) is 0. The fraction of sp³-hybridized carbons (Fsp3) is 0.600. The monoisotopic (exact) mass is 334 g/mol. The number of amides is 1. The number of carbonyl (C=O) groups excluding carboxylic acids is 2. The van der Waals surface area contributed by atoms with Crippen molar-refractivity contribution < 1.29 is 14.3 Å². The van der Waals surface area contributed by atoms with E-state index in [0.717, 1.165) is 11.6 Å². The van der Waals surface area contributed by atoms with Gasteiger partial charge in [0.05, 0.1) is 18.4 Å². The highest BCUT2D eigenvalue weighted by atomic mass is 32.2. The van der Waals surface area contributed by atoms with Gasteiger partial charge in [-0.25, -0.2) is 0 Å². The molecular weight excluding hydrogens is 320 g/mol. The van der Waals surface area contributed by atoms with Crippen molar-refractivity contribution in [2.24, 2.45) is 0 Å². The van der Waals surface area contributed by atoms with Gasteiger partial charge >= 0.3 is 5.97 Å². The van der Waals surface area contributed by atoms with Gasteiger partial charge < -0.3 is 4.74 Å². The first kappa shape index (κ1) is 15.5. The molecule has 2 heterocycles. The number of esters is 1. The molecule has 20 heavy (non-hydrogen) atoms. The molecule has 0 aliphatic carbocycles. The molecule has 1 saturated heterocycles. The summed E-state index contributed by atoms with van der Waals surface area (Å²) >= 11 is 4.18. The minimum atomic E-state index is -0.287. The fourth-order valence-electron chi connectivity index (χ4n) is 1.40. The third-order valence-electron chi connectivity index (χ3n) is 2.29. The number of aromatic nitrogens is 2. The minimum Gasteiger partial charge on any atom is -0.465 e. The predicted molar refractivity (Wildman–Crippen MR) is 80.1 cm³/mol. The van der Waals surface area contributed by atoms with Gasteiger partial charge in [0.1, 0.15) is 0 Å². The van der Waals surface area contributed by atoms with E-state index in [-0.39, 0.29) is 23.7 Å². The zero-order chi connectivity index (χ0) is 14.4. The maximum atomic E-state index is 11.8. The lowest BCUT2D eigenvalue weighted by Gasteiger charge is -2.06. The highest BCUT2D eigenvalue weighted by Gasteiger charge is 2.23. The maximum absolute atomic E-state index is 11.8. The molecule has 0 radical (unpaired) electrons. The predicted octanol–water partition coefficient (Wildman–Crippen LogP) is 0.794. The van der Waals surface area contributed by atoms with Gasteiger partial charge in [-0.3, -0.25) is 20.2 Å². The average Bonchev–Trinajstić information content (AvgIpc) is 3.08. The Hall–Kier alpha value is -0.840. The van der Waals surface area contributed by atoms with Crippen LogP contribution in [0.2, 0.25) is 0 Å². The molecule has 1 aliphatic heterocycles. The van der Waals surface area contributed by atoms with E-state index in [9.17, 15) is 9.59 Å². The van der Waals surface area contributed by atoms with Gasteiger partial charge in [0, 0.05) is 11.6 Å². The Kier molecular flexibility index (Phi) is 6.07. The third-order valence-corrected chi connectivity index (χ3v) is 5.17. The summed E-state index contributed by atoms with van der Waals surface area (Å²) in [5, 5.41) is 14.0. The summed E-state index contributed by atoms with van der Waals surface area (Å²) < 4.78 is 5.45. The highest BCUT2D eigenvalue weighted by molar-refractivity contribution is 8.01. The summed E-state index contributed by atoms with van der Waals surface area (Å²) in [4.78, 5) is 23.1. The van der Waals surface area contributed by atoms with Gasteiger partial charge in [-0.15, -0.1) is 22.0 Å². The molecule has 0 aromatic carbocycles. The van der Waals surface area contributed by atoms with Crippen LogP contribution in [0.5, 0.6) is 0 Å². The highest BCUT2D eigenvalue weighted by Crippen LogP contribution is 2.25. The van der Waals surface area contributed by atoms with E-state index in [1.54, 1.807) is 18.7 Å². The van der Waals surface area contributed by atoms with Crippen LogP contribution in [0.25, 0.3) is 0 Å². The Balaban J connectivity index is 1.79. The normalized spacial score (nSPS) is 17.9. The molecule has 1 fully saturated rings. The molecule has 2 rings (SSSR count). The van der Waals surface area contributed by atoms with E-state index < -0.39 is 0 Å². The largest absolute Gasteiger partial charge is 0.465 e. The first-order chi connectivity index (χ1) is 9.69. The van der Waals surface area contributed by atoms with Crippen LogP contribution in [0, 0.1) is 0 Å². The molecule has 1 amide bonds. The lowest BCUT2D eigenvalue weighted by molar-refractivity contribution is -0.139. The lowest BCUT2D eigenvalue weighted by atomic mass is 10.3. The number of nitrogens with zero attached hydrogens (tertiary/aromatic N) is 2. The number of carbonyl (C=O) groups is 2. The van der Waals surface area contributed by atoms with Crippen LogP contribution in [-0.4, -0.2) is 52.1 Å². The second kappa shape index (κ2) is 7.81. The molecule has 0 bridgehead atoms. The summed E-state index contributed by atoms with van der Waals surface area (Å²) in [6, 6.07) is -0.181. The molecule has 7 nitrogen and oxygen atoms in total. The molecule has 1 aromatic heterocycles. The van der Waals surface area contributed by atoms with Crippen LogP contribution >= 0.6 is 34.9 Å². The molecule has 1 unspecified atom stereocenters. The van der Waals surface area contributed by atoms with Crippen molar-refractivity contribution in [1.82, 2.24) is 15.5 Å². The zero-order valence-corrected chi connectivity index (χ0v) is 13.2. The summed E-state index contributed by atoms with van der Waals surface area (Å²) in [5.41, 5.74) is 0. The van der Waals surface area contributed by atoms with Crippen molar-refractivity contribution >= 4 is 51.9 Å². The zero-order valence-electron chi connectivity index (χ0n) is 10.7. The van der Waals surface area contributed by atoms with Crippen LogP contribution in [0.1, 0.15) is 6.92 Å². The molecule has 0 spiro atoms. The van der Waals surface area contributed by atoms with E-state index in [4.69, 9.17) is 4.74 Å². The number of thioether (sulfide) groups is 2. The van der Waals surface area contributed by atoms with Gasteiger partial charge in [-0.2, -0.15) is 0 Å². The van der Waals surface area contributed by atoms with E-state index in [1.807, 2.05) is 0 Å². The van der Waals surface area contributed by atoms with Crippen molar-refractivity contribution in [2.45, 2.75) is 17.3 Å².